The highest BCUT2D eigenvalue weighted by atomic mass is 32.1. The molecule has 0 spiro atoms. The third-order valence-electron chi connectivity index (χ3n) is 2.61. The van der Waals surface area contributed by atoms with Gasteiger partial charge in [-0.05, 0) is 24.3 Å². The van der Waals surface area contributed by atoms with Crippen molar-refractivity contribution < 1.29 is 10.0 Å². The van der Waals surface area contributed by atoms with E-state index in [0.29, 0.717) is 16.9 Å². The van der Waals surface area contributed by atoms with Crippen molar-refractivity contribution in [3.63, 3.8) is 0 Å². The monoisotopic (exact) mass is 276 g/mol. The summed E-state index contributed by atoms with van der Waals surface area (Å²) < 4.78 is 0. The average Bonchev–Trinajstić information content (AvgIpc) is 2.99. The van der Waals surface area contributed by atoms with Crippen molar-refractivity contribution in [2.24, 2.45) is 10.9 Å². The number of amides is 1. The first-order valence-corrected chi connectivity index (χ1v) is 6.32. The molecule has 19 heavy (non-hydrogen) atoms. The normalized spacial score (nSPS) is 11.3. The molecule has 0 aliphatic heterocycles. The van der Waals surface area contributed by atoms with Crippen LogP contribution in [0.15, 0.2) is 40.3 Å². The van der Waals surface area contributed by atoms with Gasteiger partial charge in [-0.25, -0.2) is 4.98 Å². The molecule has 0 aliphatic rings. The zero-order valence-corrected chi connectivity index (χ0v) is 11.0. The standard InChI is InChI=1S/C12H12N4O2S/c1-16(12(17)10-6-19-7-14-10)9-4-2-8(3-5-9)11(13)15-18/h2-7,18H,1H3,(H2,13,15). The Morgan fingerprint density at radius 3 is 2.63 bits per heavy atom. The number of hydrogen-bond acceptors (Lipinski definition) is 5. The zero-order valence-electron chi connectivity index (χ0n) is 10.1. The lowest BCUT2D eigenvalue weighted by molar-refractivity contribution is 0.0989. The maximum atomic E-state index is 12.1. The number of benzene rings is 1. The van der Waals surface area contributed by atoms with Crippen LogP contribution in [0.3, 0.4) is 0 Å². The quantitative estimate of drug-likeness (QED) is 0.385. The lowest BCUT2D eigenvalue weighted by Gasteiger charge is -2.16. The van der Waals surface area contributed by atoms with Gasteiger partial charge >= 0.3 is 0 Å². The van der Waals surface area contributed by atoms with Crippen LogP contribution in [-0.4, -0.2) is 29.0 Å². The summed E-state index contributed by atoms with van der Waals surface area (Å²) in [5, 5.41) is 13.2. The number of thiazole rings is 1. The van der Waals surface area contributed by atoms with E-state index in [1.54, 1.807) is 42.2 Å². The van der Waals surface area contributed by atoms with Crippen LogP contribution >= 0.6 is 11.3 Å². The van der Waals surface area contributed by atoms with Gasteiger partial charge in [-0.3, -0.25) is 4.79 Å². The summed E-state index contributed by atoms with van der Waals surface area (Å²) in [4.78, 5) is 17.5. The van der Waals surface area contributed by atoms with E-state index in [1.807, 2.05) is 0 Å². The first-order chi connectivity index (χ1) is 9.13. The molecular formula is C12H12N4O2S. The maximum absolute atomic E-state index is 12.1. The minimum Gasteiger partial charge on any atom is -0.409 e. The summed E-state index contributed by atoms with van der Waals surface area (Å²) in [6.45, 7) is 0. The molecule has 6 nitrogen and oxygen atoms in total. The predicted molar refractivity (Wildman–Crippen MR) is 73.8 cm³/mol. The number of anilines is 1. The molecule has 3 N–H and O–H groups in total. The topological polar surface area (TPSA) is 91.8 Å². The Bertz CT molecular complexity index is 593. The van der Waals surface area contributed by atoms with Crippen LogP contribution in [0.1, 0.15) is 16.1 Å². The van der Waals surface area contributed by atoms with Gasteiger partial charge in [0.15, 0.2) is 5.84 Å². The van der Waals surface area contributed by atoms with E-state index in [1.165, 1.54) is 16.2 Å². The SMILES string of the molecule is CN(C(=O)c1cscn1)c1ccc(C(N)=NO)cc1. The summed E-state index contributed by atoms with van der Waals surface area (Å²) >= 11 is 1.37. The number of carbonyl (C=O) groups is 1. The first-order valence-electron chi connectivity index (χ1n) is 5.37. The summed E-state index contributed by atoms with van der Waals surface area (Å²) in [7, 11) is 1.67. The molecule has 0 saturated carbocycles. The van der Waals surface area contributed by atoms with E-state index < -0.39 is 0 Å². The molecule has 0 aliphatic carbocycles. The van der Waals surface area contributed by atoms with Gasteiger partial charge < -0.3 is 15.8 Å². The molecule has 2 aromatic rings. The van der Waals surface area contributed by atoms with Gasteiger partial charge in [-0.1, -0.05) is 5.16 Å². The van der Waals surface area contributed by atoms with Gasteiger partial charge in [0.05, 0.1) is 5.51 Å². The number of carbonyl (C=O) groups excluding carboxylic acids is 1. The highest BCUT2D eigenvalue weighted by Crippen LogP contribution is 2.16. The number of amidine groups is 1. The molecule has 98 valence electrons. The summed E-state index contributed by atoms with van der Waals surface area (Å²) in [6.07, 6.45) is 0. The van der Waals surface area contributed by atoms with E-state index >= 15 is 0 Å². The van der Waals surface area contributed by atoms with Crippen LogP contribution in [0.25, 0.3) is 0 Å². The lowest BCUT2D eigenvalue weighted by Crippen LogP contribution is -2.26. The number of oxime groups is 1. The van der Waals surface area contributed by atoms with Gasteiger partial charge in [0, 0.05) is 23.7 Å². The Labute approximate surface area is 113 Å². The van der Waals surface area contributed by atoms with Crippen molar-refractivity contribution in [2.45, 2.75) is 0 Å². The van der Waals surface area contributed by atoms with Crippen LogP contribution in [0.2, 0.25) is 0 Å². The third-order valence-corrected chi connectivity index (χ3v) is 3.20. The van der Waals surface area contributed by atoms with Crippen LogP contribution in [0, 0.1) is 0 Å². The van der Waals surface area contributed by atoms with E-state index in [-0.39, 0.29) is 11.7 Å². The zero-order chi connectivity index (χ0) is 13.8. The second kappa shape index (κ2) is 5.49. The molecule has 1 aromatic heterocycles. The third kappa shape index (κ3) is 2.71. The van der Waals surface area contributed by atoms with Gasteiger partial charge in [0.1, 0.15) is 5.69 Å². The highest BCUT2D eigenvalue weighted by molar-refractivity contribution is 7.07. The Balaban J connectivity index is 2.20. The molecule has 1 amide bonds. The van der Waals surface area contributed by atoms with E-state index in [9.17, 15) is 4.79 Å². The molecule has 7 heteroatoms. The number of nitrogens with two attached hydrogens (primary N) is 1. The molecule has 0 atom stereocenters. The van der Waals surface area contributed by atoms with E-state index in [2.05, 4.69) is 10.1 Å². The van der Waals surface area contributed by atoms with Crippen LogP contribution < -0.4 is 10.6 Å². The van der Waals surface area contributed by atoms with Crippen LogP contribution in [0.4, 0.5) is 5.69 Å². The molecule has 0 unspecified atom stereocenters. The van der Waals surface area contributed by atoms with Crippen molar-refractivity contribution in [1.82, 2.24) is 4.98 Å². The smallest absolute Gasteiger partial charge is 0.277 e. The Morgan fingerprint density at radius 1 is 1.42 bits per heavy atom. The number of rotatable bonds is 3. The van der Waals surface area contributed by atoms with Crippen molar-refractivity contribution >= 4 is 28.8 Å². The molecule has 1 aromatic carbocycles. The Kier molecular flexibility index (Phi) is 3.76. The minimum atomic E-state index is -0.183. The van der Waals surface area contributed by atoms with Crippen molar-refractivity contribution in [2.75, 3.05) is 11.9 Å². The number of aromatic nitrogens is 1. The van der Waals surface area contributed by atoms with E-state index in [0.717, 1.165) is 0 Å². The molecule has 0 bridgehead atoms. The van der Waals surface area contributed by atoms with Gasteiger partial charge in [0.25, 0.3) is 5.91 Å². The largest absolute Gasteiger partial charge is 0.409 e. The molecular weight excluding hydrogens is 264 g/mol. The summed E-state index contributed by atoms with van der Waals surface area (Å²) in [5.74, 6) is -0.155. The van der Waals surface area contributed by atoms with Gasteiger partial charge in [0.2, 0.25) is 0 Å². The molecule has 0 fully saturated rings. The fourth-order valence-corrected chi connectivity index (χ4v) is 2.05. The maximum Gasteiger partial charge on any atom is 0.277 e. The second-order valence-corrected chi connectivity index (χ2v) is 4.49. The fraction of sp³-hybridized carbons (Fsp3) is 0.0833. The number of hydrogen-bond donors (Lipinski definition) is 2. The molecule has 1 heterocycles. The van der Waals surface area contributed by atoms with Gasteiger partial charge in [-0.15, -0.1) is 11.3 Å². The van der Waals surface area contributed by atoms with Crippen molar-refractivity contribution in [1.29, 1.82) is 0 Å². The highest BCUT2D eigenvalue weighted by Gasteiger charge is 2.15. The van der Waals surface area contributed by atoms with Crippen molar-refractivity contribution in [3.8, 4) is 0 Å². The lowest BCUT2D eigenvalue weighted by atomic mass is 10.2. The van der Waals surface area contributed by atoms with Crippen LogP contribution in [0.5, 0.6) is 0 Å². The van der Waals surface area contributed by atoms with Crippen molar-refractivity contribution in [3.05, 3.63) is 46.4 Å². The van der Waals surface area contributed by atoms with E-state index in [4.69, 9.17) is 10.9 Å². The molecule has 2 rings (SSSR count). The summed E-state index contributed by atoms with van der Waals surface area (Å²) in [5.41, 5.74) is 8.78. The average molecular weight is 276 g/mol. The molecule has 0 radical (unpaired) electrons. The minimum absolute atomic E-state index is 0.0278. The second-order valence-electron chi connectivity index (χ2n) is 3.77. The fourth-order valence-electron chi connectivity index (χ4n) is 1.52. The van der Waals surface area contributed by atoms with Crippen LogP contribution in [-0.2, 0) is 0 Å². The summed E-state index contributed by atoms with van der Waals surface area (Å²) in [6, 6.07) is 6.79. The van der Waals surface area contributed by atoms with Gasteiger partial charge in [-0.2, -0.15) is 0 Å². The predicted octanol–water partition coefficient (Wildman–Crippen LogP) is 1.51. The Hall–Kier alpha value is -2.41. The molecule has 0 saturated heterocycles. The number of nitrogens with zero attached hydrogens (tertiary/aromatic N) is 3. The Morgan fingerprint density at radius 2 is 2.11 bits per heavy atom. The first kappa shape index (κ1) is 13.0.